The maximum absolute atomic E-state index is 11.0. The molecule has 0 aromatic rings. The average molecular weight is 139 g/mol. The van der Waals surface area contributed by atoms with Gasteiger partial charge in [-0.15, -0.1) is 0 Å². The predicted octanol–water partition coefficient (Wildman–Crippen LogP) is 0.921. The van der Waals surface area contributed by atoms with Crippen LogP contribution in [0.5, 0.6) is 0 Å². The van der Waals surface area contributed by atoms with E-state index in [2.05, 4.69) is 5.32 Å². The summed E-state index contributed by atoms with van der Waals surface area (Å²) in [5.41, 5.74) is -0.0683. The second-order valence-corrected chi connectivity index (χ2v) is 4.01. The molecule has 1 aliphatic carbocycles. The first-order chi connectivity index (χ1) is 4.62. The van der Waals surface area contributed by atoms with Crippen LogP contribution in [0.3, 0.4) is 0 Å². The van der Waals surface area contributed by atoms with Crippen LogP contribution in [0, 0.1) is 11.3 Å². The van der Waals surface area contributed by atoms with E-state index >= 15 is 0 Å². The van der Waals surface area contributed by atoms with Gasteiger partial charge >= 0.3 is 0 Å². The molecule has 0 bridgehead atoms. The third kappa shape index (κ3) is 0.619. The van der Waals surface area contributed by atoms with Crippen molar-refractivity contribution in [3.63, 3.8) is 0 Å². The topological polar surface area (TPSA) is 29.1 Å². The summed E-state index contributed by atoms with van der Waals surface area (Å²) in [4.78, 5) is 11.0. The number of β-lactam (4-membered cyclic amide) rings is 1. The lowest BCUT2D eigenvalue weighted by Gasteiger charge is -2.44. The Labute approximate surface area is 61.0 Å². The van der Waals surface area contributed by atoms with E-state index in [4.69, 9.17) is 0 Å². The standard InChI is InChI=1S/C8H13NO/c1-8(2)6(5-3-4-5)9-7(8)10/h5-6H,3-4H2,1-2H3,(H,9,10). The molecule has 1 N–H and O–H groups in total. The zero-order chi connectivity index (χ0) is 7.35. The number of carbonyl (C=O) groups excluding carboxylic acids is 1. The second kappa shape index (κ2) is 1.55. The first kappa shape index (κ1) is 6.20. The molecule has 1 heterocycles. The molecule has 0 aromatic heterocycles. The van der Waals surface area contributed by atoms with Gasteiger partial charge in [0, 0.05) is 6.04 Å². The fraction of sp³-hybridized carbons (Fsp3) is 0.875. The Hall–Kier alpha value is -0.530. The maximum Gasteiger partial charge on any atom is 0.228 e. The fourth-order valence-electron chi connectivity index (χ4n) is 1.71. The van der Waals surface area contributed by atoms with Crippen molar-refractivity contribution in [2.75, 3.05) is 0 Å². The molecule has 0 radical (unpaired) electrons. The highest BCUT2D eigenvalue weighted by atomic mass is 16.2. The van der Waals surface area contributed by atoms with Gasteiger partial charge in [-0.2, -0.15) is 0 Å². The molecule has 2 fully saturated rings. The van der Waals surface area contributed by atoms with Gasteiger partial charge in [0.1, 0.15) is 0 Å². The molecule has 56 valence electrons. The summed E-state index contributed by atoms with van der Waals surface area (Å²) in [6.07, 6.45) is 2.63. The number of amides is 1. The summed E-state index contributed by atoms with van der Waals surface area (Å²) in [6, 6.07) is 0.486. The van der Waals surface area contributed by atoms with Crippen molar-refractivity contribution in [3.05, 3.63) is 0 Å². The van der Waals surface area contributed by atoms with Gasteiger partial charge in [-0.25, -0.2) is 0 Å². The summed E-state index contributed by atoms with van der Waals surface area (Å²) >= 11 is 0. The molecule has 1 aliphatic heterocycles. The highest BCUT2D eigenvalue weighted by Crippen LogP contribution is 2.45. The Morgan fingerprint density at radius 1 is 1.50 bits per heavy atom. The fourth-order valence-corrected chi connectivity index (χ4v) is 1.71. The Kier molecular flexibility index (Phi) is 0.960. The van der Waals surface area contributed by atoms with E-state index in [1.54, 1.807) is 0 Å². The van der Waals surface area contributed by atoms with E-state index in [1.807, 2.05) is 13.8 Å². The number of nitrogens with one attached hydrogen (secondary N) is 1. The molecule has 1 saturated carbocycles. The number of hydrogen-bond donors (Lipinski definition) is 1. The van der Waals surface area contributed by atoms with Crippen LogP contribution in [0.1, 0.15) is 26.7 Å². The molecule has 2 nitrogen and oxygen atoms in total. The second-order valence-electron chi connectivity index (χ2n) is 4.01. The quantitative estimate of drug-likeness (QED) is 0.538. The van der Waals surface area contributed by atoms with Gasteiger partial charge in [-0.05, 0) is 32.6 Å². The molecule has 2 rings (SSSR count). The highest BCUT2D eigenvalue weighted by Gasteiger charge is 2.53. The smallest absolute Gasteiger partial charge is 0.228 e. The molecule has 0 spiro atoms. The Morgan fingerprint density at radius 2 is 2.10 bits per heavy atom. The number of carbonyl (C=O) groups is 1. The molecular weight excluding hydrogens is 126 g/mol. The van der Waals surface area contributed by atoms with Crippen LogP contribution < -0.4 is 5.32 Å². The minimum absolute atomic E-state index is 0.0683. The van der Waals surface area contributed by atoms with Gasteiger partial charge in [0.2, 0.25) is 5.91 Å². The van der Waals surface area contributed by atoms with Crippen molar-refractivity contribution in [1.29, 1.82) is 0 Å². The molecule has 1 unspecified atom stereocenters. The molecule has 1 atom stereocenters. The third-order valence-corrected chi connectivity index (χ3v) is 2.74. The highest BCUT2D eigenvalue weighted by molar-refractivity contribution is 5.89. The summed E-state index contributed by atoms with van der Waals surface area (Å²) in [7, 11) is 0. The third-order valence-electron chi connectivity index (χ3n) is 2.74. The lowest BCUT2D eigenvalue weighted by Crippen LogP contribution is -2.65. The Morgan fingerprint density at radius 3 is 2.40 bits per heavy atom. The molecule has 10 heavy (non-hydrogen) atoms. The van der Waals surface area contributed by atoms with E-state index in [0.717, 1.165) is 5.92 Å². The molecule has 2 aliphatic rings. The van der Waals surface area contributed by atoms with Crippen molar-refractivity contribution < 1.29 is 4.79 Å². The van der Waals surface area contributed by atoms with Crippen molar-refractivity contribution in [1.82, 2.24) is 5.32 Å². The van der Waals surface area contributed by atoms with E-state index < -0.39 is 0 Å². The van der Waals surface area contributed by atoms with Crippen LogP contribution >= 0.6 is 0 Å². The van der Waals surface area contributed by atoms with Crippen LogP contribution in [0.4, 0.5) is 0 Å². The van der Waals surface area contributed by atoms with Crippen LogP contribution in [-0.2, 0) is 4.79 Å². The van der Waals surface area contributed by atoms with Gasteiger partial charge in [-0.3, -0.25) is 4.79 Å². The van der Waals surface area contributed by atoms with E-state index in [-0.39, 0.29) is 11.3 Å². The average Bonchev–Trinajstić information content (AvgIpc) is 2.64. The SMILES string of the molecule is CC1(C)C(=O)NC1C1CC1. The monoisotopic (exact) mass is 139 g/mol. The molecule has 1 saturated heterocycles. The maximum atomic E-state index is 11.0. The van der Waals surface area contributed by atoms with Crippen molar-refractivity contribution in [2.24, 2.45) is 11.3 Å². The normalized spacial score (nSPS) is 36.6. The minimum atomic E-state index is -0.0683. The van der Waals surface area contributed by atoms with Gasteiger partial charge in [0.15, 0.2) is 0 Å². The van der Waals surface area contributed by atoms with Crippen LogP contribution in [-0.4, -0.2) is 11.9 Å². The largest absolute Gasteiger partial charge is 0.351 e. The number of hydrogen-bond acceptors (Lipinski definition) is 1. The summed E-state index contributed by atoms with van der Waals surface area (Å²) < 4.78 is 0. The van der Waals surface area contributed by atoms with Gasteiger partial charge in [0.05, 0.1) is 5.41 Å². The molecular formula is C8H13NO. The Balaban J connectivity index is 2.07. The lowest BCUT2D eigenvalue weighted by molar-refractivity contribution is -0.143. The van der Waals surface area contributed by atoms with Gasteiger partial charge in [-0.1, -0.05) is 0 Å². The Bertz CT molecular complexity index is 182. The minimum Gasteiger partial charge on any atom is -0.351 e. The molecule has 2 heteroatoms. The van der Waals surface area contributed by atoms with Gasteiger partial charge in [0.25, 0.3) is 0 Å². The summed E-state index contributed by atoms with van der Waals surface area (Å²) in [5.74, 6) is 1.03. The van der Waals surface area contributed by atoms with E-state index in [9.17, 15) is 4.79 Å². The van der Waals surface area contributed by atoms with Crippen LogP contribution in [0.2, 0.25) is 0 Å². The first-order valence-corrected chi connectivity index (χ1v) is 3.93. The summed E-state index contributed by atoms with van der Waals surface area (Å²) in [5, 5.41) is 2.96. The van der Waals surface area contributed by atoms with Crippen molar-refractivity contribution >= 4 is 5.91 Å². The predicted molar refractivity (Wildman–Crippen MR) is 38.4 cm³/mol. The van der Waals surface area contributed by atoms with Crippen LogP contribution in [0.25, 0.3) is 0 Å². The molecule has 0 aromatic carbocycles. The molecule has 1 amide bonds. The first-order valence-electron chi connectivity index (χ1n) is 3.93. The van der Waals surface area contributed by atoms with Crippen molar-refractivity contribution in [2.45, 2.75) is 32.7 Å². The zero-order valence-electron chi connectivity index (χ0n) is 6.48. The van der Waals surface area contributed by atoms with Gasteiger partial charge < -0.3 is 5.32 Å². The summed E-state index contributed by atoms with van der Waals surface area (Å²) in [6.45, 7) is 4.07. The lowest BCUT2D eigenvalue weighted by atomic mass is 9.74. The van der Waals surface area contributed by atoms with Crippen molar-refractivity contribution in [3.8, 4) is 0 Å². The van der Waals surface area contributed by atoms with E-state index in [1.165, 1.54) is 12.8 Å². The van der Waals surface area contributed by atoms with E-state index in [0.29, 0.717) is 6.04 Å². The number of rotatable bonds is 1. The van der Waals surface area contributed by atoms with Crippen LogP contribution in [0.15, 0.2) is 0 Å². The zero-order valence-corrected chi connectivity index (χ0v) is 6.48.